The predicted molar refractivity (Wildman–Crippen MR) is 37.6 cm³/mol. The number of carbonyl (C=O) groups excluding carboxylic acids is 1. The minimum absolute atomic E-state index is 0.0651. The Kier molecular flexibility index (Phi) is 6.13. The van der Waals surface area contributed by atoms with Crippen molar-refractivity contribution in [2.24, 2.45) is 0 Å². The molecule has 0 aliphatic rings. The summed E-state index contributed by atoms with van der Waals surface area (Å²) in [6.07, 6.45) is 5.10. The number of hydrogen-bond acceptors (Lipinski definition) is 1. The van der Waals surface area contributed by atoms with Crippen LogP contribution in [0.3, 0.4) is 0 Å². The van der Waals surface area contributed by atoms with Gasteiger partial charge in [0.15, 0.2) is 0 Å². The van der Waals surface area contributed by atoms with Crippen LogP contribution in [0, 0.1) is 0 Å². The lowest BCUT2D eigenvalue weighted by atomic mass is 10.2. The zero-order valence-electron chi connectivity index (χ0n) is 6.27. The Morgan fingerprint density at radius 2 is 2.10 bits per heavy atom. The van der Waals surface area contributed by atoms with Crippen LogP contribution in [0.1, 0.15) is 32.6 Å². The van der Waals surface area contributed by atoms with Gasteiger partial charge in [-0.05, 0) is 6.42 Å². The van der Waals surface area contributed by atoms with Crippen molar-refractivity contribution in [2.45, 2.75) is 32.6 Å². The first-order valence-electron chi connectivity index (χ1n) is 3.62. The molecule has 0 saturated carbocycles. The molecule has 0 unspecified atom stereocenters. The average Bonchev–Trinajstić information content (AvgIpc) is 1.98. The van der Waals surface area contributed by atoms with Gasteiger partial charge in [-0.15, -0.1) is 0 Å². The van der Waals surface area contributed by atoms with E-state index < -0.39 is 0 Å². The van der Waals surface area contributed by atoms with Crippen molar-refractivity contribution in [2.75, 3.05) is 6.54 Å². The van der Waals surface area contributed by atoms with Crippen LogP contribution in [-0.4, -0.2) is 18.1 Å². The molecule has 0 aliphatic heterocycles. The molecule has 0 spiro atoms. The molecule has 0 aromatic carbocycles. The van der Waals surface area contributed by atoms with E-state index in [0.29, 0.717) is 0 Å². The first-order chi connectivity index (χ1) is 4.81. The van der Waals surface area contributed by atoms with Crippen molar-refractivity contribution < 1.29 is 9.28 Å². The molecule has 0 atom stereocenters. The molecule has 0 aromatic rings. The van der Waals surface area contributed by atoms with Gasteiger partial charge in [-0.1, -0.05) is 30.7 Å². The summed E-state index contributed by atoms with van der Waals surface area (Å²) in [5.41, 5.74) is 0. The molecule has 0 fully saturated rings. The Morgan fingerprint density at radius 1 is 1.40 bits per heavy atom. The second kappa shape index (κ2) is 6.52. The van der Waals surface area contributed by atoms with Gasteiger partial charge < -0.3 is 0 Å². The smallest absolute Gasteiger partial charge is 0.261 e. The van der Waals surface area contributed by atoms with Gasteiger partial charge in [-0.25, -0.2) is 0 Å². The van der Waals surface area contributed by atoms with E-state index in [4.69, 9.17) is 0 Å². The van der Waals surface area contributed by atoms with Crippen molar-refractivity contribution in [3.05, 3.63) is 0 Å². The van der Waals surface area contributed by atoms with Crippen molar-refractivity contribution in [3.8, 4) is 0 Å². The summed E-state index contributed by atoms with van der Waals surface area (Å²) in [7, 11) is 0. The fraction of sp³-hybridized carbons (Fsp3) is 0.857. The molecule has 2 nitrogen and oxygen atoms in total. The maximum atomic E-state index is 12.0. The van der Waals surface area contributed by atoms with E-state index >= 15 is 0 Å². The minimum atomic E-state index is 0.0651. The number of hydrogen-bond donors (Lipinski definition) is 0. The predicted octanol–water partition coefficient (Wildman–Crippen LogP) is 1.82. The van der Waals surface area contributed by atoms with E-state index in [0.717, 1.165) is 32.1 Å². The van der Waals surface area contributed by atoms with Crippen LogP contribution in [0.25, 0.3) is 0 Å². The largest absolute Gasteiger partial charge is 0.342 e. The molecule has 0 rings (SSSR count). The lowest BCUT2D eigenvalue weighted by Crippen LogP contribution is -2.11. The summed E-state index contributed by atoms with van der Waals surface area (Å²) in [6, 6.07) is 0. The van der Waals surface area contributed by atoms with Crippen molar-refractivity contribution in [3.63, 3.8) is 0 Å². The highest BCUT2D eigenvalue weighted by molar-refractivity contribution is 5.45. The van der Waals surface area contributed by atoms with Gasteiger partial charge >= 0.3 is 6.41 Å². The topological polar surface area (TPSA) is 20.3 Å². The summed E-state index contributed by atoms with van der Waals surface area (Å²) in [6.45, 7) is 2.27. The van der Waals surface area contributed by atoms with Gasteiger partial charge in [0.1, 0.15) is 0 Å². The van der Waals surface area contributed by atoms with E-state index in [9.17, 15) is 9.28 Å². The van der Waals surface area contributed by atoms with E-state index in [1.54, 1.807) is 0 Å². The fourth-order valence-electron chi connectivity index (χ4n) is 0.723. The molecular weight excluding hydrogens is 133 g/mol. The normalized spacial score (nSPS) is 9.40. The molecule has 59 valence electrons. The highest BCUT2D eigenvalue weighted by Crippen LogP contribution is 1.99. The molecule has 1 amide bonds. The molecule has 3 heteroatoms. The van der Waals surface area contributed by atoms with Crippen LogP contribution in [0.15, 0.2) is 0 Å². The Labute approximate surface area is 61.0 Å². The highest BCUT2D eigenvalue weighted by Gasteiger charge is 1.97. The molecule has 0 heterocycles. The number of nitrogens with zero attached hydrogens (tertiary/aromatic N) is 1. The number of unbranched alkanes of at least 4 members (excludes halogenated alkanes) is 3. The summed E-state index contributed by atoms with van der Waals surface area (Å²) in [4.78, 5) is 9.59. The summed E-state index contributed by atoms with van der Waals surface area (Å²) in [5, 5.41) is 0.0651. The van der Waals surface area contributed by atoms with E-state index in [2.05, 4.69) is 6.92 Å². The number of rotatable bonds is 6. The maximum Gasteiger partial charge on any atom is 0.342 e. The van der Waals surface area contributed by atoms with Gasteiger partial charge in [0.25, 0.3) is 0 Å². The molecule has 0 N–H and O–H groups in total. The van der Waals surface area contributed by atoms with Crippen LogP contribution in [-0.2, 0) is 4.79 Å². The quantitative estimate of drug-likeness (QED) is 0.318. The fourth-order valence-corrected chi connectivity index (χ4v) is 0.723. The lowest BCUT2D eigenvalue weighted by molar-refractivity contribution is 0.112. The molecule has 0 saturated heterocycles. The minimum Gasteiger partial charge on any atom is -0.261 e. The van der Waals surface area contributed by atoms with Gasteiger partial charge in [-0.2, -0.15) is 5.12 Å². The zero-order chi connectivity index (χ0) is 7.82. The zero-order valence-corrected chi connectivity index (χ0v) is 6.27. The Bertz CT molecular complexity index is 87.7. The SMILES string of the molecule is CCCCCCN(F)[C]=O. The van der Waals surface area contributed by atoms with Gasteiger partial charge in [0.05, 0.1) is 6.54 Å². The van der Waals surface area contributed by atoms with Crippen LogP contribution >= 0.6 is 0 Å². The number of amides is 1. The molecule has 10 heavy (non-hydrogen) atoms. The first-order valence-corrected chi connectivity index (χ1v) is 3.62. The molecule has 0 aromatic heterocycles. The second-order valence-corrected chi connectivity index (χ2v) is 2.24. The molecule has 0 aliphatic carbocycles. The Morgan fingerprint density at radius 3 is 2.60 bits per heavy atom. The van der Waals surface area contributed by atoms with Gasteiger partial charge in [0.2, 0.25) is 0 Å². The molecule has 1 radical (unpaired) electrons. The third-order valence-corrected chi connectivity index (χ3v) is 1.31. The third-order valence-electron chi connectivity index (χ3n) is 1.31. The van der Waals surface area contributed by atoms with Gasteiger partial charge in [-0.3, -0.25) is 4.79 Å². The van der Waals surface area contributed by atoms with Crippen LogP contribution in [0.4, 0.5) is 4.48 Å². The van der Waals surface area contributed by atoms with E-state index in [1.807, 2.05) is 0 Å². The summed E-state index contributed by atoms with van der Waals surface area (Å²) in [5.74, 6) is 0. The van der Waals surface area contributed by atoms with E-state index in [1.165, 1.54) is 0 Å². The standard InChI is InChI=1S/C7H13FNO/c1-2-3-4-5-6-9(8)7-10/h2-6H2,1H3. The van der Waals surface area contributed by atoms with Gasteiger partial charge in [0, 0.05) is 0 Å². The maximum absolute atomic E-state index is 12.0. The molecule has 0 bridgehead atoms. The first kappa shape index (κ1) is 9.40. The number of halogens is 1. The van der Waals surface area contributed by atoms with Crippen LogP contribution in [0.5, 0.6) is 0 Å². The Hall–Kier alpha value is -0.600. The van der Waals surface area contributed by atoms with Crippen molar-refractivity contribution in [1.82, 2.24) is 5.12 Å². The van der Waals surface area contributed by atoms with Crippen LogP contribution in [0.2, 0.25) is 0 Å². The lowest BCUT2D eigenvalue weighted by Gasteiger charge is -2.01. The monoisotopic (exact) mass is 146 g/mol. The Balaban J connectivity index is 2.95. The highest BCUT2D eigenvalue weighted by atomic mass is 19.2. The van der Waals surface area contributed by atoms with Crippen LogP contribution < -0.4 is 0 Å². The van der Waals surface area contributed by atoms with Crippen molar-refractivity contribution >= 4 is 6.41 Å². The summed E-state index contributed by atoms with van der Waals surface area (Å²) >= 11 is 0. The van der Waals surface area contributed by atoms with Crippen molar-refractivity contribution in [1.29, 1.82) is 0 Å². The second-order valence-electron chi connectivity index (χ2n) is 2.24. The third kappa shape index (κ3) is 5.54. The van der Waals surface area contributed by atoms with E-state index in [-0.39, 0.29) is 11.7 Å². The average molecular weight is 146 g/mol. The molecular formula is C7H13FNO. The summed E-state index contributed by atoms with van der Waals surface area (Å²) < 4.78 is 12.0.